The molecule has 2 heteroatoms. The van der Waals surface area contributed by atoms with Crippen molar-refractivity contribution in [3.8, 4) is 0 Å². The molecule has 0 radical (unpaired) electrons. The molecule has 146 valence electrons. The van der Waals surface area contributed by atoms with Gasteiger partial charge in [0.15, 0.2) is 11.6 Å². The summed E-state index contributed by atoms with van der Waals surface area (Å²) in [5, 5.41) is 0. The van der Waals surface area contributed by atoms with Crippen molar-refractivity contribution < 1.29 is 9.59 Å². The maximum Gasteiger partial charge on any atom is 0.170 e. The van der Waals surface area contributed by atoms with Gasteiger partial charge in [0.2, 0.25) is 0 Å². The van der Waals surface area contributed by atoms with Gasteiger partial charge in [0.05, 0.1) is 0 Å². The van der Waals surface area contributed by atoms with Crippen molar-refractivity contribution >= 4 is 11.6 Å². The van der Waals surface area contributed by atoms with Crippen LogP contribution in [0.15, 0.2) is 71.8 Å². The lowest BCUT2D eigenvalue weighted by atomic mass is 9.60. The fraction of sp³-hybridized carbons (Fsp3) is 0.385. The molecule has 3 rings (SSSR count). The summed E-state index contributed by atoms with van der Waals surface area (Å²) in [6, 6.07) is 19.1. The zero-order valence-electron chi connectivity index (χ0n) is 17.3. The van der Waals surface area contributed by atoms with Crippen LogP contribution in [0.3, 0.4) is 0 Å². The van der Waals surface area contributed by atoms with Crippen LogP contribution in [-0.4, -0.2) is 11.6 Å². The summed E-state index contributed by atoms with van der Waals surface area (Å²) >= 11 is 0. The molecule has 0 amide bonds. The first-order valence-electron chi connectivity index (χ1n) is 10.4. The zero-order chi connectivity index (χ0) is 20.3. The van der Waals surface area contributed by atoms with Crippen molar-refractivity contribution in [2.75, 3.05) is 0 Å². The van der Waals surface area contributed by atoms with E-state index in [1.165, 1.54) is 11.1 Å². The minimum Gasteiger partial charge on any atom is -0.294 e. The van der Waals surface area contributed by atoms with Crippen molar-refractivity contribution in [3.05, 3.63) is 82.9 Å². The van der Waals surface area contributed by atoms with Gasteiger partial charge in [-0.3, -0.25) is 9.59 Å². The number of hydrogen-bond acceptors (Lipinski definition) is 2. The number of carbonyl (C=O) groups is 2. The van der Waals surface area contributed by atoms with E-state index in [1.54, 1.807) is 0 Å². The zero-order valence-corrected chi connectivity index (χ0v) is 17.3. The molecule has 0 bridgehead atoms. The van der Waals surface area contributed by atoms with E-state index < -0.39 is 0 Å². The summed E-state index contributed by atoms with van der Waals surface area (Å²) in [7, 11) is 0. The molecule has 0 saturated heterocycles. The monoisotopic (exact) mass is 374 g/mol. The summed E-state index contributed by atoms with van der Waals surface area (Å²) in [6.45, 7) is 8.54. The van der Waals surface area contributed by atoms with E-state index in [9.17, 15) is 9.59 Å². The molecule has 0 aliphatic heterocycles. The first-order valence-corrected chi connectivity index (χ1v) is 10.4. The van der Waals surface area contributed by atoms with E-state index in [4.69, 9.17) is 0 Å². The molecule has 1 aliphatic carbocycles. The average Bonchev–Trinajstić information content (AvgIpc) is 2.74. The Kier molecular flexibility index (Phi) is 6.28. The predicted octanol–water partition coefficient (Wildman–Crippen LogP) is 6.39. The molecule has 0 heterocycles. The standard InChI is InChI=1S/C26H30O2/c1-5-21-17(3)23(25(27)19-13-9-7-10-14-19)18(4)24(22(21)6-2)26(28)20-15-11-8-12-16-20/h7-18,23-24H,5-6H2,1-4H3/t17-,18-,23-,24+/m0/s1. The Morgan fingerprint density at radius 3 is 1.64 bits per heavy atom. The van der Waals surface area contributed by atoms with Gasteiger partial charge in [0.25, 0.3) is 0 Å². The first kappa shape index (κ1) is 20.3. The molecule has 0 spiro atoms. The number of carbonyl (C=O) groups excluding carboxylic acids is 2. The average molecular weight is 375 g/mol. The molecule has 0 saturated carbocycles. The second-order valence-corrected chi connectivity index (χ2v) is 7.87. The lowest BCUT2D eigenvalue weighted by Gasteiger charge is -2.42. The summed E-state index contributed by atoms with van der Waals surface area (Å²) in [5.41, 5.74) is 4.02. The van der Waals surface area contributed by atoms with Gasteiger partial charge in [-0.15, -0.1) is 0 Å². The van der Waals surface area contributed by atoms with E-state index >= 15 is 0 Å². The highest BCUT2D eigenvalue weighted by Gasteiger charge is 2.45. The molecule has 2 aromatic rings. The molecule has 1 aliphatic rings. The lowest BCUT2D eigenvalue weighted by molar-refractivity contribution is 0.0716. The van der Waals surface area contributed by atoms with E-state index in [1.807, 2.05) is 60.7 Å². The van der Waals surface area contributed by atoms with Gasteiger partial charge in [-0.2, -0.15) is 0 Å². The van der Waals surface area contributed by atoms with Crippen molar-refractivity contribution in [2.24, 2.45) is 23.7 Å². The van der Waals surface area contributed by atoms with Gasteiger partial charge >= 0.3 is 0 Å². The van der Waals surface area contributed by atoms with Gasteiger partial charge in [-0.25, -0.2) is 0 Å². The van der Waals surface area contributed by atoms with Crippen molar-refractivity contribution in [2.45, 2.75) is 40.5 Å². The Hall–Kier alpha value is -2.48. The maximum atomic E-state index is 13.5. The van der Waals surface area contributed by atoms with Gasteiger partial charge in [0, 0.05) is 23.0 Å². The molecular formula is C26H30O2. The summed E-state index contributed by atoms with van der Waals surface area (Å²) < 4.78 is 0. The molecule has 4 atom stereocenters. The van der Waals surface area contributed by atoms with Crippen molar-refractivity contribution in [1.29, 1.82) is 0 Å². The minimum atomic E-state index is -0.226. The van der Waals surface area contributed by atoms with Crippen molar-refractivity contribution in [3.63, 3.8) is 0 Å². The minimum absolute atomic E-state index is 0.0272. The number of allylic oxidation sites excluding steroid dienone is 2. The summed E-state index contributed by atoms with van der Waals surface area (Å²) in [6.07, 6.45) is 1.74. The van der Waals surface area contributed by atoms with Crippen LogP contribution in [0.4, 0.5) is 0 Å². The molecule has 28 heavy (non-hydrogen) atoms. The topological polar surface area (TPSA) is 34.1 Å². The van der Waals surface area contributed by atoms with Crippen LogP contribution >= 0.6 is 0 Å². The second-order valence-electron chi connectivity index (χ2n) is 7.87. The summed E-state index contributed by atoms with van der Waals surface area (Å²) in [4.78, 5) is 27.0. The van der Waals surface area contributed by atoms with Crippen LogP contribution in [0.25, 0.3) is 0 Å². The van der Waals surface area contributed by atoms with Crippen LogP contribution < -0.4 is 0 Å². The normalized spacial score (nSPS) is 24.9. The maximum absolute atomic E-state index is 13.5. The Morgan fingerprint density at radius 2 is 1.18 bits per heavy atom. The third kappa shape index (κ3) is 3.61. The van der Waals surface area contributed by atoms with Crippen LogP contribution in [-0.2, 0) is 0 Å². The van der Waals surface area contributed by atoms with E-state index in [2.05, 4.69) is 27.7 Å². The fourth-order valence-electron chi connectivity index (χ4n) is 5.12. The Balaban J connectivity index is 2.08. The quantitative estimate of drug-likeness (QED) is 0.434. The summed E-state index contributed by atoms with van der Waals surface area (Å²) in [5.74, 6) is 0.0332. The molecular weight excluding hydrogens is 344 g/mol. The molecule has 0 N–H and O–H groups in total. The Bertz CT molecular complexity index is 864. The van der Waals surface area contributed by atoms with Crippen LogP contribution in [0, 0.1) is 23.7 Å². The third-order valence-corrected chi connectivity index (χ3v) is 6.43. The van der Waals surface area contributed by atoms with Crippen LogP contribution in [0.2, 0.25) is 0 Å². The molecule has 0 unspecified atom stereocenters. The highest BCUT2D eigenvalue weighted by atomic mass is 16.1. The number of Topliss-reactive ketones (excluding diaryl/α,β-unsaturated/α-hetero) is 2. The van der Waals surface area contributed by atoms with Gasteiger partial charge in [-0.1, -0.05) is 99.5 Å². The number of benzene rings is 2. The van der Waals surface area contributed by atoms with Gasteiger partial charge in [0.1, 0.15) is 0 Å². The smallest absolute Gasteiger partial charge is 0.170 e. The number of rotatable bonds is 6. The Labute approximate surface area is 168 Å². The number of ketones is 2. The SMILES string of the molecule is CCC1=C(CC)[C@H](C)[C@H](C(=O)c2ccccc2)[C@H](C)[C@H]1C(=O)c1ccccc1. The molecule has 2 nitrogen and oxygen atoms in total. The van der Waals surface area contributed by atoms with Crippen LogP contribution in [0.5, 0.6) is 0 Å². The van der Waals surface area contributed by atoms with Crippen molar-refractivity contribution in [1.82, 2.24) is 0 Å². The van der Waals surface area contributed by atoms with E-state index in [-0.39, 0.29) is 35.2 Å². The Morgan fingerprint density at radius 1 is 0.714 bits per heavy atom. The van der Waals surface area contributed by atoms with Gasteiger partial charge < -0.3 is 0 Å². The van der Waals surface area contributed by atoms with E-state index in [0.29, 0.717) is 0 Å². The second kappa shape index (κ2) is 8.68. The lowest BCUT2D eigenvalue weighted by Crippen LogP contribution is -2.42. The van der Waals surface area contributed by atoms with E-state index in [0.717, 1.165) is 24.0 Å². The predicted molar refractivity (Wildman–Crippen MR) is 114 cm³/mol. The molecule has 0 aromatic heterocycles. The van der Waals surface area contributed by atoms with Gasteiger partial charge in [-0.05, 0) is 24.7 Å². The highest BCUT2D eigenvalue weighted by molar-refractivity contribution is 6.02. The highest BCUT2D eigenvalue weighted by Crippen LogP contribution is 2.47. The first-order chi connectivity index (χ1) is 13.5. The number of hydrogen-bond donors (Lipinski definition) is 0. The third-order valence-electron chi connectivity index (χ3n) is 6.43. The molecule has 0 fully saturated rings. The fourth-order valence-corrected chi connectivity index (χ4v) is 5.12. The largest absolute Gasteiger partial charge is 0.294 e. The van der Waals surface area contributed by atoms with Crippen LogP contribution in [0.1, 0.15) is 61.3 Å². The molecule has 2 aromatic carbocycles.